The molecule has 14 heteroatoms. The Balaban J connectivity index is 0.000000231. The van der Waals surface area contributed by atoms with Gasteiger partial charge in [0.1, 0.15) is 0 Å². The van der Waals surface area contributed by atoms with Gasteiger partial charge in [0, 0.05) is 77.1 Å². The maximum Gasteiger partial charge on any atom is 0.328 e. The number of carbonyl (C=O) groups is 2. The number of thioether (sulfide) groups is 1. The summed E-state index contributed by atoms with van der Waals surface area (Å²) in [5.74, 6) is 0.529. The molecule has 0 saturated carbocycles. The predicted octanol–water partition coefficient (Wildman–Crippen LogP) is 9.96. The maximum absolute atomic E-state index is 9.55. The molecule has 0 amide bonds. The molecule has 332 valence electrons. The third-order valence-corrected chi connectivity index (χ3v) is 12.0. The summed E-state index contributed by atoms with van der Waals surface area (Å²) in [6.45, 7) is 14.9. The van der Waals surface area contributed by atoms with E-state index in [4.69, 9.17) is 29.2 Å². The quantitative estimate of drug-likeness (QED) is 0.0811. The first-order valence-electron chi connectivity index (χ1n) is 20.6. The number of ether oxygens (including phenoxy) is 4. The first-order chi connectivity index (χ1) is 29.6. The Labute approximate surface area is 380 Å². The van der Waals surface area contributed by atoms with Crippen LogP contribution in [0.4, 0.5) is 0 Å². The lowest BCUT2D eigenvalue weighted by Crippen LogP contribution is -2.46. The minimum atomic E-state index is -1.26. The lowest BCUT2D eigenvalue weighted by molar-refractivity contribution is -0.134. The number of carboxylic acid groups (broad SMARTS) is 2. The van der Waals surface area contributed by atoms with E-state index >= 15 is 0 Å². The standard InChI is InChI=1S/C24H29NO4.C20H24N2S2.C4H4O4.ClH/c1-5-26-21-10-9-17(14-22(21)27-6-2)13-20-19-16-24(29-8-4)23(28-7-3)15-18(19)11-12-25-20;1-21-9-11-22(12-10-21)18-13-15-5-3-4-6-19(15)24-20-8-7-16(23-2)14-17(18)20;5-3(6)1-2-4(7)8;/h9-12,14-16H,5-8,13H2,1-4H3;3-8,14,18H,9-13H2,1-2H3;1-2H,(H,5,6)(H,7,8);1H. The summed E-state index contributed by atoms with van der Waals surface area (Å²) in [4.78, 5) is 33.1. The van der Waals surface area contributed by atoms with Gasteiger partial charge in [-0.25, -0.2) is 9.59 Å². The fourth-order valence-corrected chi connectivity index (χ4v) is 8.70. The Hall–Kier alpha value is -4.92. The molecule has 1 saturated heterocycles. The Bertz CT molecular complexity index is 2250. The van der Waals surface area contributed by atoms with Gasteiger partial charge in [-0.3, -0.25) is 9.88 Å². The van der Waals surface area contributed by atoms with Gasteiger partial charge in [-0.15, -0.1) is 24.2 Å². The molecule has 0 radical (unpaired) electrons. The van der Waals surface area contributed by atoms with Crippen molar-refractivity contribution in [3.05, 3.63) is 120 Å². The van der Waals surface area contributed by atoms with E-state index in [-0.39, 0.29) is 12.4 Å². The highest BCUT2D eigenvalue weighted by Crippen LogP contribution is 2.44. The van der Waals surface area contributed by atoms with Crippen LogP contribution in [-0.2, 0) is 22.4 Å². The highest BCUT2D eigenvalue weighted by atomic mass is 35.5. The molecule has 2 aliphatic rings. The number of nitrogens with zero attached hydrogens (tertiary/aromatic N) is 3. The van der Waals surface area contributed by atoms with Crippen molar-refractivity contribution < 1.29 is 38.7 Å². The number of hydrogen-bond acceptors (Lipinski definition) is 11. The molecule has 1 atom stereocenters. The number of aliphatic carboxylic acids is 2. The van der Waals surface area contributed by atoms with Gasteiger partial charge >= 0.3 is 11.9 Å². The van der Waals surface area contributed by atoms with Crippen LogP contribution in [-0.4, -0.2) is 103 Å². The Kier molecular flexibility index (Phi) is 20.3. The molecule has 7 rings (SSSR count). The number of carboxylic acids is 2. The number of fused-ring (bicyclic) bond motifs is 3. The Morgan fingerprint density at radius 3 is 2.00 bits per heavy atom. The van der Waals surface area contributed by atoms with Crippen LogP contribution >= 0.6 is 35.9 Å². The summed E-state index contributed by atoms with van der Waals surface area (Å²) in [6, 6.07) is 28.6. The topological polar surface area (TPSA) is 131 Å². The van der Waals surface area contributed by atoms with Gasteiger partial charge in [0.15, 0.2) is 23.0 Å². The van der Waals surface area contributed by atoms with Gasteiger partial charge in [0.25, 0.3) is 0 Å². The molecule has 0 aliphatic carbocycles. The van der Waals surface area contributed by atoms with E-state index in [1.54, 1.807) is 0 Å². The van der Waals surface area contributed by atoms with Gasteiger partial charge in [0.2, 0.25) is 0 Å². The molecule has 2 N–H and O–H groups in total. The second-order valence-electron chi connectivity index (χ2n) is 14.2. The fraction of sp³-hybridized carbons (Fsp3) is 0.354. The van der Waals surface area contributed by atoms with Crippen LogP contribution in [0.2, 0.25) is 0 Å². The summed E-state index contributed by atoms with van der Waals surface area (Å²) < 4.78 is 23.0. The highest BCUT2D eigenvalue weighted by molar-refractivity contribution is 7.99. The second kappa shape index (κ2) is 25.3. The first-order valence-corrected chi connectivity index (χ1v) is 22.7. The molecule has 3 heterocycles. The summed E-state index contributed by atoms with van der Waals surface area (Å²) in [5.41, 5.74) is 5.11. The third-order valence-electron chi connectivity index (χ3n) is 10.0. The number of halogens is 1. The van der Waals surface area contributed by atoms with Crippen molar-refractivity contribution in [3.63, 3.8) is 0 Å². The van der Waals surface area contributed by atoms with Gasteiger partial charge < -0.3 is 34.1 Å². The van der Waals surface area contributed by atoms with Crippen molar-refractivity contribution in [3.8, 4) is 23.0 Å². The largest absolute Gasteiger partial charge is 0.490 e. The predicted molar refractivity (Wildman–Crippen MR) is 252 cm³/mol. The smallest absolute Gasteiger partial charge is 0.328 e. The average Bonchev–Trinajstić information content (AvgIpc) is 3.42. The highest BCUT2D eigenvalue weighted by Gasteiger charge is 2.29. The van der Waals surface area contributed by atoms with Gasteiger partial charge in [-0.1, -0.05) is 36.0 Å². The van der Waals surface area contributed by atoms with Crippen LogP contribution < -0.4 is 18.9 Å². The van der Waals surface area contributed by atoms with Crippen LogP contribution in [0.5, 0.6) is 23.0 Å². The van der Waals surface area contributed by atoms with E-state index in [9.17, 15) is 9.59 Å². The van der Waals surface area contributed by atoms with Crippen LogP contribution in [0.25, 0.3) is 10.8 Å². The molecule has 2 aliphatic heterocycles. The zero-order valence-corrected chi connectivity index (χ0v) is 38.7. The first kappa shape index (κ1) is 49.7. The molecular formula is C48H58ClN3O8S2. The summed E-state index contributed by atoms with van der Waals surface area (Å²) in [6.07, 6.45) is 6.93. The van der Waals surface area contributed by atoms with E-state index in [0.717, 1.165) is 64.5 Å². The molecular weight excluding hydrogens is 846 g/mol. The Morgan fingerprint density at radius 1 is 0.758 bits per heavy atom. The number of rotatable bonds is 14. The lowest BCUT2D eigenvalue weighted by Gasteiger charge is -2.38. The van der Waals surface area contributed by atoms with Crippen molar-refractivity contribution >= 4 is 58.6 Å². The number of benzene rings is 4. The van der Waals surface area contributed by atoms with Crippen molar-refractivity contribution in [2.75, 3.05) is 65.9 Å². The SMILES string of the molecule is CCOc1ccc(Cc2nccc3cc(OCC)c(OCC)cc23)cc1OCC.CSc1ccc2c(c1)C(N1CCN(C)CC1)Cc1ccccc1S2.Cl.O=C(O)C=CC(=O)O. The minimum absolute atomic E-state index is 0. The van der Waals surface area contributed by atoms with Gasteiger partial charge in [0.05, 0.1) is 32.1 Å². The van der Waals surface area contributed by atoms with Gasteiger partial charge in [-0.05, 0) is 124 Å². The summed E-state index contributed by atoms with van der Waals surface area (Å²) >= 11 is 3.79. The van der Waals surface area contributed by atoms with Crippen LogP contribution in [0.3, 0.4) is 0 Å². The van der Waals surface area contributed by atoms with Crippen LogP contribution in [0.15, 0.2) is 112 Å². The molecule has 11 nitrogen and oxygen atoms in total. The molecule has 1 unspecified atom stereocenters. The molecule has 62 heavy (non-hydrogen) atoms. The number of aromatic nitrogens is 1. The van der Waals surface area contributed by atoms with Gasteiger partial charge in [-0.2, -0.15) is 0 Å². The molecule has 4 aromatic carbocycles. The van der Waals surface area contributed by atoms with E-state index in [1.165, 1.54) is 38.9 Å². The number of hydrogen-bond donors (Lipinski definition) is 2. The molecule has 5 aromatic rings. The average molecular weight is 905 g/mol. The normalized spacial score (nSPS) is 14.7. The fourth-order valence-electron chi connectivity index (χ4n) is 7.13. The van der Waals surface area contributed by atoms with E-state index in [0.29, 0.717) is 51.0 Å². The van der Waals surface area contributed by atoms with Crippen LogP contribution in [0, 0.1) is 0 Å². The maximum atomic E-state index is 9.55. The monoisotopic (exact) mass is 903 g/mol. The number of likely N-dealkylation sites (N-methyl/N-ethyl adjacent to an activating group) is 1. The molecule has 1 aromatic heterocycles. The van der Waals surface area contributed by atoms with Crippen LogP contribution in [0.1, 0.15) is 56.1 Å². The summed E-state index contributed by atoms with van der Waals surface area (Å²) in [5, 5.41) is 17.8. The molecule has 0 spiro atoms. The van der Waals surface area contributed by atoms with Crippen molar-refractivity contribution in [2.24, 2.45) is 0 Å². The van der Waals surface area contributed by atoms with E-state index < -0.39 is 11.9 Å². The molecule has 1 fully saturated rings. The van der Waals surface area contributed by atoms with Crippen molar-refractivity contribution in [1.82, 2.24) is 14.8 Å². The number of pyridine rings is 1. The van der Waals surface area contributed by atoms with Crippen molar-refractivity contribution in [2.45, 2.75) is 61.3 Å². The van der Waals surface area contributed by atoms with E-state index in [1.807, 2.05) is 87.7 Å². The minimum Gasteiger partial charge on any atom is -0.490 e. The van der Waals surface area contributed by atoms with Crippen molar-refractivity contribution in [1.29, 1.82) is 0 Å². The molecule has 0 bridgehead atoms. The zero-order valence-electron chi connectivity index (χ0n) is 36.3. The summed E-state index contributed by atoms with van der Waals surface area (Å²) in [7, 11) is 2.23. The van der Waals surface area contributed by atoms with E-state index in [2.05, 4.69) is 76.6 Å². The Morgan fingerprint density at radius 2 is 1.37 bits per heavy atom. The lowest BCUT2D eigenvalue weighted by atomic mass is 9.96. The number of piperazine rings is 1. The third kappa shape index (κ3) is 14.0. The zero-order chi connectivity index (χ0) is 43.7. The second-order valence-corrected chi connectivity index (χ2v) is 16.1.